The minimum Gasteiger partial charge on any atom is -0.497 e. The lowest BCUT2D eigenvalue weighted by molar-refractivity contribution is -0.136. The first-order valence-electron chi connectivity index (χ1n) is 10.0. The van der Waals surface area contributed by atoms with Gasteiger partial charge in [0.15, 0.2) is 0 Å². The van der Waals surface area contributed by atoms with Crippen LogP contribution in [-0.2, 0) is 21.2 Å². The van der Waals surface area contributed by atoms with E-state index >= 15 is 0 Å². The van der Waals surface area contributed by atoms with Crippen LogP contribution >= 0.6 is 0 Å². The van der Waals surface area contributed by atoms with Crippen molar-refractivity contribution in [1.29, 1.82) is 0 Å². The van der Waals surface area contributed by atoms with E-state index in [2.05, 4.69) is 5.10 Å². The van der Waals surface area contributed by atoms with E-state index in [0.29, 0.717) is 18.0 Å². The summed E-state index contributed by atoms with van der Waals surface area (Å²) in [6.45, 7) is 4.52. The molecule has 164 valence electrons. The largest absolute Gasteiger partial charge is 0.497 e. The van der Waals surface area contributed by atoms with Gasteiger partial charge in [-0.05, 0) is 37.1 Å². The molecule has 0 unspecified atom stereocenters. The van der Waals surface area contributed by atoms with Crippen LogP contribution in [0, 0.1) is 12.8 Å². The molecule has 0 bridgehead atoms. The highest BCUT2D eigenvalue weighted by Gasteiger charge is 2.39. The molecule has 4 rings (SSSR count). The van der Waals surface area contributed by atoms with E-state index in [9.17, 15) is 18.3 Å². The number of hydrogen-bond acceptors (Lipinski definition) is 5. The van der Waals surface area contributed by atoms with Gasteiger partial charge in [0.2, 0.25) is 10.0 Å². The molecule has 1 N–H and O–H groups in total. The first kappa shape index (κ1) is 21.3. The van der Waals surface area contributed by atoms with Crippen LogP contribution in [0.2, 0.25) is 0 Å². The van der Waals surface area contributed by atoms with Crippen LogP contribution in [0.1, 0.15) is 24.2 Å². The molecule has 0 saturated carbocycles. The van der Waals surface area contributed by atoms with Crippen molar-refractivity contribution < 1.29 is 23.1 Å². The Bertz CT molecular complexity index is 1230. The number of sulfonamides is 1. The highest BCUT2D eigenvalue weighted by atomic mass is 32.2. The zero-order valence-electron chi connectivity index (χ0n) is 17.6. The molecular weight excluding hydrogens is 418 g/mol. The van der Waals surface area contributed by atoms with Crippen LogP contribution in [0.25, 0.3) is 10.9 Å². The van der Waals surface area contributed by atoms with E-state index in [1.54, 1.807) is 48.2 Å². The Morgan fingerprint density at radius 3 is 2.55 bits per heavy atom. The number of aliphatic carboxylic acids is 1. The Labute approximate surface area is 181 Å². The second-order valence-corrected chi connectivity index (χ2v) is 9.96. The summed E-state index contributed by atoms with van der Waals surface area (Å²) in [5, 5.41) is 14.6. The predicted octanol–water partition coefficient (Wildman–Crippen LogP) is 2.86. The fourth-order valence-corrected chi connectivity index (χ4v) is 5.67. The van der Waals surface area contributed by atoms with E-state index < -0.39 is 16.0 Å². The van der Waals surface area contributed by atoms with E-state index in [1.807, 2.05) is 19.9 Å². The Hall–Kier alpha value is -2.91. The number of rotatable bonds is 6. The lowest BCUT2D eigenvalue weighted by atomic mass is 10.1. The van der Waals surface area contributed by atoms with Gasteiger partial charge in [-0.3, -0.25) is 9.48 Å². The Morgan fingerprint density at radius 1 is 1.19 bits per heavy atom. The monoisotopic (exact) mass is 443 g/mol. The lowest BCUT2D eigenvalue weighted by Gasteiger charge is -2.18. The average molecular weight is 444 g/mol. The van der Waals surface area contributed by atoms with Crippen LogP contribution in [0.5, 0.6) is 5.75 Å². The smallest absolute Gasteiger partial charge is 0.309 e. The molecule has 2 aromatic carbocycles. The van der Waals surface area contributed by atoms with Crippen molar-refractivity contribution in [2.24, 2.45) is 5.92 Å². The van der Waals surface area contributed by atoms with Crippen molar-refractivity contribution in [3.8, 4) is 5.75 Å². The number of fused-ring (bicyclic) bond motifs is 1. The van der Waals surface area contributed by atoms with Crippen molar-refractivity contribution in [2.75, 3.05) is 20.2 Å². The summed E-state index contributed by atoms with van der Waals surface area (Å²) in [6, 6.07) is 12.0. The first-order valence-corrected chi connectivity index (χ1v) is 11.5. The van der Waals surface area contributed by atoms with Gasteiger partial charge in [-0.1, -0.05) is 24.6 Å². The summed E-state index contributed by atoms with van der Waals surface area (Å²) in [6.07, 6.45) is -0.206. The van der Waals surface area contributed by atoms with Crippen molar-refractivity contribution in [1.82, 2.24) is 14.1 Å². The molecular formula is C22H25N3O5S. The molecule has 31 heavy (non-hydrogen) atoms. The highest BCUT2D eigenvalue weighted by molar-refractivity contribution is 7.89. The Balaban J connectivity index is 1.73. The van der Waals surface area contributed by atoms with Crippen molar-refractivity contribution in [3.05, 3.63) is 53.7 Å². The van der Waals surface area contributed by atoms with E-state index in [1.165, 1.54) is 4.31 Å². The van der Waals surface area contributed by atoms with E-state index in [0.717, 1.165) is 16.5 Å². The summed E-state index contributed by atoms with van der Waals surface area (Å²) < 4.78 is 35.0. The van der Waals surface area contributed by atoms with Crippen LogP contribution in [0.3, 0.4) is 0 Å². The summed E-state index contributed by atoms with van der Waals surface area (Å²) in [7, 11) is -2.07. The van der Waals surface area contributed by atoms with Gasteiger partial charge in [-0.15, -0.1) is 0 Å². The number of nitrogens with zero attached hydrogens (tertiary/aromatic N) is 3. The molecule has 1 fully saturated rings. The second-order valence-electron chi connectivity index (χ2n) is 8.02. The zero-order valence-corrected chi connectivity index (χ0v) is 18.5. The number of benzene rings is 2. The predicted molar refractivity (Wildman–Crippen MR) is 116 cm³/mol. The molecule has 0 aliphatic carbocycles. The van der Waals surface area contributed by atoms with Gasteiger partial charge in [0.05, 0.1) is 35.7 Å². The van der Waals surface area contributed by atoms with E-state index in [-0.39, 0.29) is 29.8 Å². The molecule has 0 amide bonds. The molecule has 0 spiro atoms. The topological polar surface area (TPSA) is 102 Å². The van der Waals surface area contributed by atoms with Crippen LogP contribution in [0.15, 0.2) is 47.4 Å². The molecule has 0 radical (unpaired) electrons. The number of ether oxygens (including phenoxy) is 1. The Morgan fingerprint density at radius 2 is 1.90 bits per heavy atom. The maximum absolute atomic E-state index is 13.2. The van der Waals surface area contributed by atoms with Gasteiger partial charge in [-0.25, -0.2) is 8.42 Å². The van der Waals surface area contributed by atoms with Crippen molar-refractivity contribution in [2.45, 2.75) is 31.2 Å². The van der Waals surface area contributed by atoms with Gasteiger partial charge in [0.25, 0.3) is 0 Å². The van der Waals surface area contributed by atoms with Crippen LogP contribution in [0.4, 0.5) is 0 Å². The van der Waals surface area contributed by atoms with Crippen molar-refractivity contribution >= 4 is 26.9 Å². The molecule has 1 saturated heterocycles. The Kier molecular flexibility index (Phi) is 5.49. The number of methoxy groups -OCH3 is 1. The zero-order chi connectivity index (χ0) is 22.3. The third-order valence-corrected chi connectivity index (χ3v) is 7.67. The highest BCUT2D eigenvalue weighted by Crippen LogP contribution is 2.35. The summed E-state index contributed by atoms with van der Waals surface area (Å²) >= 11 is 0. The number of carboxylic acid groups (broad SMARTS) is 1. The molecule has 9 heteroatoms. The normalized spacial score (nSPS) is 19.7. The minimum atomic E-state index is -3.63. The van der Waals surface area contributed by atoms with Gasteiger partial charge < -0.3 is 9.84 Å². The summed E-state index contributed by atoms with van der Waals surface area (Å²) in [5.74, 6) is -0.345. The fourth-order valence-electron chi connectivity index (χ4n) is 4.12. The number of aryl methyl sites for hydroxylation is 1. The van der Waals surface area contributed by atoms with E-state index in [4.69, 9.17) is 4.74 Å². The third-order valence-electron chi connectivity index (χ3n) is 5.82. The molecule has 1 aromatic heterocycles. The SMILES string of the molecule is COc1ccc2c(CC(=O)O)nn([C@H]3CN(S(=O)(=O)c4ccc(C)cc4)C[C@H]3C)c2c1. The lowest BCUT2D eigenvalue weighted by Crippen LogP contribution is -2.29. The third kappa shape index (κ3) is 3.90. The average Bonchev–Trinajstić information content (AvgIpc) is 3.28. The quantitative estimate of drug-likeness (QED) is 0.629. The molecule has 8 nitrogen and oxygen atoms in total. The number of carboxylic acids is 1. The van der Waals surface area contributed by atoms with Crippen LogP contribution in [-0.4, -0.2) is 53.8 Å². The molecule has 2 atom stereocenters. The second kappa shape index (κ2) is 7.97. The number of hydrogen-bond donors (Lipinski definition) is 1. The summed E-state index contributed by atoms with van der Waals surface area (Å²) in [5.41, 5.74) is 2.19. The maximum Gasteiger partial charge on any atom is 0.309 e. The number of aromatic nitrogens is 2. The molecule has 2 heterocycles. The first-order chi connectivity index (χ1) is 14.7. The van der Waals surface area contributed by atoms with Gasteiger partial charge in [0, 0.05) is 24.5 Å². The van der Waals surface area contributed by atoms with Crippen LogP contribution < -0.4 is 4.74 Å². The number of carbonyl (C=O) groups is 1. The molecule has 3 aromatic rings. The molecule has 1 aliphatic heterocycles. The minimum absolute atomic E-state index is 0.00722. The van der Waals surface area contributed by atoms with Gasteiger partial charge in [0.1, 0.15) is 5.75 Å². The standard InChI is InChI=1S/C22H25N3O5S/c1-14-4-7-17(8-5-14)31(28,29)24-12-15(2)21(13-24)25-20-10-16(30-3)6-9-18(20)19(23-25)11-22(26)27/h4-10,15,21H,11-13H2,1-3H3,(H,26,27)/t15-,21+/m1/s1. The van der Waals surface area contributed by atoms with Gasteiger partial charge in [-0.2, -0.15) is 9.40 Å². The fraction of sp³-hybridized carbons (Fsp3) is 0.364. The molecule has 1 aliphatic rings. The maximum atomic E-state index is 13.2. The van der Waals surface area contributed by atoms with Crippen molar-refractivity contribution in [3.63, 3.8) is 0 Å². The van der Waals surface area contributed by atoms with Gasteiger partial charge >= 0.3 is 5.97 Å². The summed E-state index contributed by atoms with van der Waals surface area (Å²) in [4.78, 5) is 11.6.